The number of fused-ring (bicyclic) bond motifs is 2. The standard InChI is InChI=1S/C14H24N2O/c1-3-4-13(15)14(17)16(2)9-12-8-10-5-6-11(12)7-10/h3,10-13H,1,4-9,15H2,2H3. The average Bonchev–Trinajstić information content (AvgIpc) is 2.90. The van der Waals surface area contributed by atoms with E-state index in [9.17, 15) is 4.79 Å². The molecule has 96 valence electrons. The van der Waals surface area contributed by atoms with E-state index in [2.05, 4.69) is 6.58 Å². The molecule has 2 fully saturated rings. The van der Waals surface area contributed by atoms with Gasteiger partial charge in [0.1, 0.15) is 0 Å². The van der Waals surface area contributed by atoms with E-state index >= 15 is 0 Å². The highest BCUT2D eigenvalue weighted by Gasteiger charge is 2.40. The number of hydrogen-bond donors (Lipinski definition) is 1. The fourth-order valence-electron chi connectivity index (χ4n) is 3.61. The third kappa shape index (κ3) is 2.71. The molecule has 3 nitrogen and oxygen atoms in total. The largest absolute Gasteiger partial charge is 0.344 e. The van der Waals surface area contributed by atoms with E-state index in [1.54, 1.807) is 6.08 Å². The zero-order valence-electron chi connectivity index (χ0n) is 10.8. The average molecular weight is 236 g/mol. The van der Waals surface area contributed by atoms with Crippen molar-refractivity contribution in [3.05, 3.63) is 12.7 Å². The molecule has 4 unspecified atom stereocenters. The summed E-state index contributed by atoms with van der Waals surface area (Å²) >= 11 is 0. The van der Waals surface area contributed by atoms with Gasteiger partial charge in [-0.1, -0.05) is 12.5 Å². The maximum absolute atomic E-state index is 12.0. The monoisotopic (exact) mass is 236 g/mol. The first kappa shape index (κ1) is 12.6. The molecule has 0 radical (unpaired) electrons. The van der Waals surface area contributed by atoms with Crippen LogP contribution in [-0.2, 0) is 4.79 Å². The molecule has 2 rings (SSSR count). The van der Waals surface area contributed by atoms with Crippen LogP contribution in [0.3, 0.4) is 0 Å². The number of rotatable bonds is 5. The van der Waals surface area contributed by atoms with Crippen molar-refractivity contribution in [1.29, 1.82) is 0 Å². The summed E-state index contributed by atoms with van der Waals surface area (Å²) in [6.45, 7) is 4.52. The minimum absolute atomic E-state index is 0.0627. The summed E-state index contributed by atoms with van der Waals surface area (Å²) in [5.41, 5.74) is 5.82. The van der Waals surface area contributed by atoms with Crippen LogP contribution < -0.4 is 5.73 Å². The molecule has 0 spiro atoms. The summed E-state index contributed by atoms with van der Waals surface area (Å²) < 4.78 is 0. The molecule has 2 bridgehead atoms. The van der Waals surface area contributed by atoms with Crippen molar-refractivity contribution in [3.63, 3.8) is 0 Å². The molecule has 1 amide bonds. The van der Waals surface area contributed by atoms with Crippen molar-refractivity contribution in [2.75, 3.05) is 13.6 Å². The normalized spacial score (nSPS) is 32.5. The lowest BCUT2D eigenvalue weighted by Crippen LogP contribution is -2.43. The lowest BCUT2D eigenvalue weighted by molar-refractivity contribution is -0.132. The van der Waals surface area contributed by atoms with Gasteiger partial charge in [0.05, 0.1) is 6.04 Å². The molecule has 17 heavy (non-hydrogen) atoms. The summed E-state index contributed by atoms with van der Waals surface area (Å²) in [5.74, 6) is 2.59. The maximum Gasteiger partial charge on any atom is 0.239 e. The second-order valence-corrected chi connectivity index (χ2v) is 5.78. The predicted octanol–water partition coefficient (Wildman–Crippen LogP) is 1.78. The molecule has 2 aliphatic rings. The number of nitrogens with two attached hydrogens (primary N) is 1. The van der Waals surface area contributed by atoms with E-state index in [4.69, 9.17) is 5.73 Å². The lowest BCUT2D eigenvalue weighted by atomic mass is 9.88. The van der Waals surface area contributed by atoms with E-state index in [-0.39, 0.29) is 5.91 Å². The minimum atomic E-state index is -0.406. The number of hydrogen-bond acceptors (Lipinski definition) is 2. The molecule has 2 N–H and O–H groups in total. The van der Waals surface area contributed by atoms with Crippen molar-refractivity contribution >= 4 is 5.91 Å². The summed E-state index contributed by atoms with van der Waals surface area (Å²) in [5, 5.41) is 0. The number of likely N-dealkylation sites (N-methyl/N-ethyl adjacent to an activating group) is 1. The van der Waals surface area contributed by atoms with Gasteiger partial charge >= 0.3 is 0 Å². The first-order valence-electron chi connectivity index (χ1n) is 6.73. The summed E-state index contributed by atoms with van der Waals surface area (Å²) in [4.78, 5) is 13.8. The Morgan fingerprint density at radius 3 is 2.82 bits per heavy atom. The molecule has 0 saturated heterocycles. The van der Waals surface area contributed by atoms with Crippen LogP contribution in [0.5, 0.6) is 0 Å². The van der Waals surface area contributed by atoms with Crippen LogP contribution in [0.2, 0.25) is 0 Å². The summed E-state index contributed by atoms with van der Waals surface area (Å²) in [7, 11) is 1.89. The van der Waals surface area contributed by atoms with Crippen LogP contribution in [0.15, 0.2) is 12.7 Å². The molecule has 0 aliphatic heterocycles. The maximum atomic E-state index is 12.0. The highest BCUT2D eigenvalue weighted by Crippen LogP contribution is 2.48. The van der Waals surface area contributed by atoms with Gasteiger partial charge in [0.25, 0.3) is 0 Å². The van der Waals surface area contributed by atoms with E-state index in [1.807, 2.05) is 11.9 Å². The minimum Gasteiger partial charge on any atom is -0.344 e. The Morgan fingerprint density at radius 2 is 2.29 bits per heavy atom. The van der Waals surface area contributed by atoms with Crippen molar-refractivity contribution in [3.8, 4) is 0 Å². The van der Waals surface area contributed by atoms with Gasteiger partial charge in [0, 0.05) is 13.6 Å². The molecule has 3 heteroatoms. The molecule has 2 aliphatic carbocycles. The van der Waals surface area contributed by atoms with Crippen molar-refractivity contribution < 1.29 is 4.79 Å². The zero-order valence-corrected chi connectivity index (χ0v) is 10.8. The van der Waals surface area contributed by atoms with Gasteiger partial charge in [-0.2, -0.15) is 0 Å². The fourth-order valence-corrected chi connectivity index (χ4v) is 3.61. The number of carbonyl (C=O) groups is 1. The Bertz CT molecular complexity index is 303. The topological polar surface area (TPSA) is 46.3 Å². The fraction of sp³-hybridized carbons (Fsp3) is 0.786. The van der Waals surface area contributed by atoms with E-state index in [0.29, 0.717) is 6.42 Å². The quantitative estimate of drug-likeness (QED) is 0.740. The number of nitrogens with zero attached hydrogens (tertiary/aromatic N) is 1. The predicted molar refractivity (Wildman–Crippen MR) is 69.4 cm³/mol. The Morgan fingerprint density at radius 1 is 1.53 bits per heavy atom. The van der Waals surface area contributed by atoms with Crippen molar-refractivity contribution in [2.45, 2.75) is 38.1 Å². The highest BCUT2D eigenvalue weighted by molar-refractivity contribution is 5.81. The van der Waals surface area contributed by atoms with Gasteiger partial charge in [-0.05, 0) is 43.4 Å². The third-order valence-electron chi connectivity index (χ3n) is 4.51. The number of carbonyl (C=O) groups excluding carboxylic acids is 1. The lowest BCUT2D eigenvalue weighted by Gasteiger charge is -2.28. The molecule has 0 aromatic carbocycles. The SMILES string of the molecule is C=CCC(N)C(=O)N(C)CC1CC2CCC1C2. The van der Waals surface area contributed by atoms with E-state index in [0.717, 1.165) is 24.3 Å². The van der Waals surface area contributed by atoms with Gasteiger partial charge in [-0.25, -0.2) is 0 Å². The smallest absolute Gasteiger partial charge is 0.239 e. The van der Waals surface area contributed by atoms with Crippen molar-refractivity contribution in [2.24, 2.45) is 23.5 Å². The van der Waals surface area contributed by atoms with Gasteiger partial charge in [-0.3, -0.25) is 4.79 Å². The molecule has 0 heterocycles. The van der Waals surface area contributed by atoms with E-state index in [1.165, 1.54) is 25.7 Å². The Labute approximate surface area is 104 Å². The van der Waals surface area contributed by atoms with Crippen LogP contribution in [0.1, 0.15) is 32.1 Å². The van der Waals surface area contributed by atoms with Gasteiger partial charge < -0.3 is 10.6 Å². The zero-order chi connectivity index (χ0) is 12.4. The van der Waals surface area contributed by atoms with Gasteiger partial charge in [0.2, 0.25) is 5.91 Å². The Balaban J connectivity index is 1.82. The Hall–Kier alpha value is -0.830. The molecule has 0 aromatic rings. The van der Waals surface area contributed by atoms with Gasteiger partial charge in [-0.15, -0.1) is 6.58 Å². The molecule has 4 atom stereocenters. The Kier molecular flexibility index (Phi) is 3.87. The highest BCUT2D eigenvalue weighted by atomic mass is 16.2. The molecule has 0 aromatic heterocycles. The second-order valence-electron chi connectivity index (χ2n) is 5.78. The van der Waals surface area contributed by atoms with Crippen LogP contribution in [0, 0.1) is 17.8 Å². The third-order valence-corrected chi connectivity index (χ3v) is 4.51. The van der Waals surface area contributed by atoms with Crippen LogP contribution in [-0.4, -0.2) is 30.4 Å². The first-order chi connectivity index (χ1) is 8.11. The number of amides is 1. The van der Waals surface area contributed by atoms with Crippen molar-refractivity contribution in [1.82, 2.24) is 4.90 Å². The van der Waals surface area contributed by atoms with Crippen LogP contribution in [0.4, 0.5) is 0 Å². The van der Waals surface area contributed by atoms with Gasteiger partial charge in [0.15, 0.2) is 0 Å². The molecule has 2 saturated carbocycles. The van der Waals surface area contributed by atoms with Crippen LogP contribution in [0.25, 0.3) is 0 Å². The second kappa shape index (κ2) is 5.21. The summed E-state index contributed by atoms with van der Waals surface area (Å²) in [6, 6.07) is -0.406. The summed E-state index contributed by atoms with van der Waals surface area (Å²) in [6.07, 6.45) is 7.78. The first-order valence-corrected chi connectivity index (χ1v) is 6.73. The van der Waals surface area contributed by atoms with Crippen LogP contribution >= 0.6 is 0 Å². The molecular formula is C14H24N2O. The van der Waals surface area contributed by atoms with E-state index < -0.39 is 6.04 Å². The molecular weight excluding hydrogens is 212 g/mol.